The van der Waals surface area contributed by atoms with Crippen LogP contribution in [0.3, 0.4) is 0 Å². The van der Waals surface area contributed by atoms with Gasteiger partial charge in [-0.3, -0.25) is 0 Å². The van der Waals surface area contributed by atoms with Gasteiger partial charge in [0.15, 0.2) is 0 Å². The molecule has 0 fully saturated rings. The van der Waals surface area contributed by atoms with Gasteiger partial charge < -0.3 is 38.6 Å². The van der Waals surface area contributed by atoms with Crippen LogP contribution in [-0.2, 0) is 24.5 Å². The summed E-state index contributed by atoms with van der Waals surface area (Å²) in [7, 11) is -3.37. The van der Waals surface area contributed by atoms with Crippen molar-refractivity contribution in [2.45, 2.75) is 25.6 Å². The molecule has 0 aromatic carbocycles. The van der Waals surface area contributed by atoms with Gasteiger partial charge in [0.2, 0.25) is 0 Å². The molecule has 3 N–H and O–H groups in total. The first-order valence-electron chi connectivity index (χ1n) is 7.31. The van der Waals surface area contributed by atoms with Gasteiger partial charge in [0.05, 0.1) is 36.4 Å². The smallest absolute Gasteiger partial charge is 0.438 e. The first-order valence-corrected chi connectivity index (χ1v) is 10.2. The van der Waals surface area contributed by atoms with Gasteiger partial charge in [-0.1, -0.05) is 6.92 Å². The summed E-state index contributed by atoms with van der Waals surface area (Å²) in [6.45, 7) is -0.310. The minimum atomic E-state index is -3.37. The van der Waals surface area contributed by atoms with Crippen LogP contribution in [0.25, 0.3) is 0 Å². The Hall–Kier alpha value is -0.911. The van der Waals surface area contributed by atoms with Crippen molar-refractivity contribution in [2.75, 3.05) is 19.8 Å². The van der Waals surface area contributed by atoms with Crippen LogP contribution in [0.1, 0.15) is 19.8 Å². The number of aliphatic hydroxyl groups excluding tert-OH is 3. The molecule has 1 aliphatic rings. The van der Waals surface area contributed by atoms with Crippen molar-refractivity contribution in [1.29, 1.82) is 0 Å². The van der Waals surface area contributed by atoms with Gasteiger partial charge in [-0.25, -0.2) is 9.59 Å². The van der Waals surface area contributed by atoms with Gasteiger partial charge in [0, 0.05) is 0 Å². The van der Waals surface area contributed by atoms with Crippen LogP contribution in [0.2, 0.25) is 5.82 Å². The molecule has 0 radical (unpaired) electrons. The topological polar surface area (TPSA) is 164 Å². The summed E-state index contributed by atoms with van der Waals surface area (Å²) in [5.74, 6) is 5.25. The fourth-order valence-corrected chi connectivity index (χ4v) is 2.43. The maximum absolute atomic E-state index is 10.7. The Morgan fingerprint density at radius 1 is 1.19 bits per heavy atom. The maximum atomic E-state index is 10.7. The number of aliphatic hydroxyl groups is 3. The predicted octanol–water partition coefficient (Wildman–Crippen LogP) is -1.87. The van der Waals surface area contributed by atoms with Crippen molar-refractivity contribution in [3.63, 3.8) is 0 Å². The van der Waals surface area contributed by atoms with Gasteiger partial charge in [-0.2, -0.15) is 0 Å². The minimum absolute atomic E-state index is 0.00199. The molecule has 0 aromatic heterocycles. The van der Waals surface area contributed by atoms with E-state index in [4.69, 9.17) is 30.0 Å². The third-order valence-corrected chi connectivity index (χ3v) is 4.48. The predicted molar refractivity (Wildman–Crippen MR) is 87.0 cm³/mol. The molecule has 1 aliphatic carbocycles. The molecule has 0 saturated heterocycles. The normalized spacial score (nSPS) is 12.0. The average Bonchev–Trinajstić information content (AvgIpc) is 3.16. The molecule has 1 rings (SSSR count). The Morgan fingerprint density at radius 3 is 1.88 bits per heavy atom. The third kappa shape index (κ3) is 10.3. The standard InChI is InChI=1S/C10H14O5.C5H5.CH3.Mn.O3P/c1-2-8(3-11)9(4-12)10(5-13,6-14)7-15;1-2-4-5-3-1;;;1-4(2)3/h13-15H,2,5-7H2,1H3;1-3H,4H2;1H3;;/q;;;+3;-3. The summed E-state index contributed by atoms with van der Waals surface area (Å²) < 4.78 is 1.59. The van der Waals surface area contributed by atoms with E-state index in [0.717, 1.165) is 15.0 Å². The van der Waals surface area contributed by atoms with E-state index in [9.17, 15) is 9.59 Å². The van der Waals surface area contributed by atoms with Crippen LogP contribution >= 0.6 is 8.60 Å². The molecule has 0 unspecified atom stereocenters. The summed E-state index contributed by atoms with van der Waals surface area (Å²) in [4.78, 5) is 46.7. The maximum Gasteiger partial charge on any atom is -0.438 e. The van der Waals surface area contributed by atoms with Gasteiger partial charge in [0.1, 0.15) is 11.9 Å². The van der Waals surface area contributed by atoms with E-state index in [1.54, 1.807) is 17.3 Å². The van der Waals surface area contributed by atoms with E-state index in [1.165, 1.54) is 12.4 Å². The Kier molecular flexibility index (Phi) is 17.1. The molecule has 0 aromatic rings. The van der Waals surface area contributed by atoms with Gasteiger partial charge >= 0.3 is 49.9 Å². The zero-order chi connectivity index (χ0) is 20.6. The van der Waals surface area contributed by atoms with Crippen LogP contribution in [0.4, 0.5) is 0 Å². The van der Waals surface area contributed by atoms with Crippen molar-refractivity contribution in [3.8, 4) is 0 Å². The second-order valence-corrected chi connectivity index (χ2v) is 6.62. The molecule has 10 heteroatoms. The fourth-order valence-electron chi connectivity index (χ4n) is 1.74. The van der Waals surface area contributed by atoms with Crippen molar-refractivity contribution in [3.05, 3.63) is 33.8 Å². The summed E-state index contributed by atoms with van der Waals surface area (Å²) >= 11 is 0.984. The SMILES string of the molecule is CCC(=C=O)C(=C=O)C(CO)(CO)CO.[CH3][Mn+3][C]1=CC=CC1.[O-]P([O-])[O-]. The summed E-state index contributed by atoms with van der Waals surface area (Å²) in [6, 6.07) is 0. The molecular weight excluding hydrogens is 406 g/mol. The molecule has 0 atom stereocenters. The van der Waals surface area contributed by atoms with Gasteiger partial charge in [-0.05, 0) is 6.42 Å². The quantitative estimate of drug-likeness (QED) is 0.184. The number of allylic oxidation sites excluding steroid dienone is 5. The molecule has 0 saturated carbocycles. The van der Waals surface area contributed by atoms with Crippen LogP contribution in [-0.4, -0.2) is 47.0 Å². The van der Waals surface area contributed by atoms with Crippen molar-refractivity contribution in [2.24, 2.45) is 5.41 Å². The first-order chi connectivity index (χ1) is 12.3. The van der Waals surface area contributed by atoms with E-state index in [-0.39, 0.29) is 17.6 Å². The zero-order valence-corrected chi connectivity index (χ0v) is 16.6. The molecule has 0 bridgehead atoms. The number of rotatable bonds is 7. The molecular formula is C16H22MnO8P. The van der Waals surface area contributed by atoms with Gasteiger partial charge in [-0.15, -0.1) is 0 Å². The van der Waals surface area contributed by atoms with Crippen LogP contribution < -0.4 is 14.7 Å². The molecule has 8 nitrogen and oxygen atoms in total. The molecule has 146 valence electrons. The minimum Gasteiger partial charge on any atom is -0.854 e. The number of carbonyl (C=O) groups excluding carboxylic acids is 2. The molecule has 0 amide bonds. The first kappa shape index (κ1) is 27.3. The van der Waals surface area contributed by atoms with E-state index in [1.807, 2.05) is 0 Å². The number of hydrogen-bond donors (Lipinski definition) is 3. The monoisotopic (exact) mass is 428 g/mol. The molecule has 0 aliphatic heterocycles. The summed E-state index contributed by atoms with van der Waals surface area (Å²) in [5, 5.41) is 27.2. The van der Waals surface area contributed by atoms with Gasteiger partial charge in [0.25, 0.3) is 0 Å². The Morgan fingerprint density at radius 2 is 1.69 bits per heavy atom. The second kappa shape index (κ2) is 16.3. The largest absolute Gasteiger partial charge is 0.854 e. The van der Waals surface area contributed by atoms with E-state index in [0.29, 0.717) is 0 Å². The Bertz CT molecular complexity index is 546. The van der Waals surface area contributed by atoms with E-state index in [2.05, 4.69) is 24.1 Å². The fraction of sp³-hybridized carbons (Fsp3) is 0.500. The van der Waals surface area contributed by atoms with Crippen molar-refractivity contribution in [1.82, 2.24) is 0 Å². The second-order valence-electron chi connectivity index (χ2n) is 4.82. The van der Waals surface area contributed by atoms with Crippen LogP contribution in [0.5, 0.6) is 0 Å². The average molecular weight is 428 g/mol. The molecule has 26 heavy (non-hydrogen) atoms. The van der Waals surface area contributed by atoms with Crippen molar-refractivity contribution < 1.29 is 54.5 Å². The van der Waals surface area contributed by atoms with E-state index < -0.39 is 33.8 Å². The number of hydrogen-bond acceptors (Lipinski definition) is 8. The molecule has 0 spiro atoms. The molecule has 0 heterocycles. The van der Waals surface area contributed by atoms with Crippen molar-refractivity contribution >= 4 is 20.5 Å². The van der Waals surface area contributed by atoms with Crippen LogP contribution in [0.15, 0.2) is 33.8 Å². The Balaban J connectivity index is 0. The Labute approximate surface area is 160 Å². The van der Waals surface area contributed by atoms with Crippen LogP contribution in [0, 0.1) is 5.41 Å². The third-order valence-electron chi connectivity index (χ3n) is 3.29. The summed E-state index contributed by atoms with van der Waals surface area (Å²) in [6.07, 6.45) is 7.96. The summed E-state index contributed by atoms with van der Waals surface area (Å²) in [5.41, 5.74) is -1.74. The van der Waals surface area contributed by atoms with E-state index >= 15 is 0 Å². The zero-order valence-electron chi connectivity index (χ0n) is 14.5.